The van der Waals surface area contributed by atoms with Gasteiger partial charge in [-0.2, -0.15) is 13.2 Å². The van der Waals surface area contributed by atoms with Crippen molar-refractivity contribution in [1.29, 1.82) is 0 Å². The van der Waals surface area contributed by atoms with Gasteiger partial charge in [-0.25, -0.2) is 0 Å². The number of rotatable bonds is 3. The van der Waals surface area contributed by atoms with Crippen LogP contribution in [-0.2, 0) is 0 Å². The highest BCUT2D eigenvalue weighted by molar-refractivity contribution is 5.35. The Morgan fingerprint density at radius 3 is 1.89 bits per heavy atom. The summed E-state index contributed by atoms with van der Waals surface area (Å²) in [6.45, 7) is 0. The van der Waals surface area contributed by atoms with Crippen LogP contribution >= 0.6 is 0 Å². The molecule has 1 nitrogen and oxygen atoms in total. The first-order chi connectivity index (χ1) is 8.96. The van der Waals surface area contributed by atoms with Gasteiger partial charge in [0.15, 0.2) is 0 Å². The Morgan fingerprint density at radius 1 is 0.842 bits per heavy atom. The van der Waals surface area contributed by atoms with Crippen LogP contribution in [0.5, 0.6) is 5.75 Å². The molecule has 0 aliphatic rings. The molecule has 2 aromatic rings. The lowest BCUT2D eigenvalue weighted by atomic mass is 9.88. The lowest BCUT2D eigenvalue weighted by Gasteiger charge is -2.19. The molecule has 1 N–H and O–H groups in total. The summed E-state index contributed by atoms with van der Waals surface area (Å²) >= 11 is 0. The summed E-state index contributed by atoms with van der Waals surface area (Å²) in [7, 11) is 0. The van der Waals surface area contributed by atoms with Crippen molar-refractivity contribution in [2.24, 2.45) is 0 Å². The molecule has 4 heteroatoms. The Kier molecular flexibility index (Phi) is 3.79. The lowest BCUT2D eigenvalue weighted by molar-refractivity contribution is -0.136. The molecular formula is C15H13F3O. The van der Waals surface area contributed by atoms with Crippen LogP contribution < -0.4 is 0 Å². The van der Waals surface area contributed by atoms with E-state index in [0.29, 0.717) is 11.1 Å². The van der Waals surface area contributed by atoms with Gasteiger partial charge in [0.1, 0.15) is 5.75 Å². The van der Waals surface area contributed by atoms with Crippen LogP contribution in [0.2, 0.25) is 0 Å². The fourth-order valence-corrected chi connectivity index (χ4v) is 2.05. The highest BCUT2D eigenvalue weighted by atomic mass is 19.4. The normalized spacial score (nSPS) is 13.2. The summed E-state index contributed by atoms with van der Waals surface area (Å²) in [5, 5.41) is 9.22. The maximum atomic E-state index is 12.7. The monoisotopic (exact) mass is 266 g/mol. The lowest BCUT2D eigenvalue weighted by Crippen LogP contribution is -2.14. The van der Waals surface area contributed by atoms with Crippen molar-refractivity contribution in [3.8, 4) is 5.75 Å². The molecule has 0 aromatic heterocycles. The second kappa shape index (κ2) is 5.34. The molecule has 0 amide bonds. The van der Waals surface area contributed by atoms with Crippen LogP contribution in [0, 0.1) is 0 Å². The number of hydrogen-bond acceptors (Lipinski definition) is 1. The Morgan fingerprint density at radius 2 is 1.37 bits per heavy atom. The van der Waals surface area contributed by atoms with Gasteiger partial charge in [-0.15, -0.1) is 0 Å². The van der Waals surface area contributed by atoms with Crippen molar-refractivity contribution in [1.82, 2.24) is 0 Å². The molecule has 0 bridgehead atoms. The molecule has 0 radical (unpaired) electrons. The van der Waals surface area contributed by atoms with Crippen molar-refractivity contribution in [2.75, 3.05) is 0 Å². The molecule has 0 heterocycles. The second-order valence-corrected chi connectivity index (χ2v) is 4.37. The third-order valence-corrected chi connectivity index (χ3v) is 2.93. The minimum Gasteiger partial charge on any atom is -0.508 e. The van der Waals surface area contributed by atoms with Crippen LogP contribution in [0.3, 0.4) is 0 Å². The van der Waals surface area contributed by atoms with E-state index in [0.717, 1.165) is 0 Å². The number of halogens is 3. The summed E-state index contributed by atoms with van der Waals surface area (Å²) in [6, 6.07) is 14.4. The van der Waals surface area contributed by atoms with Crippen LogP contribution in [-0.4, -0.2) is 11.3 Å². The highest BCUT2D eigenvalue weighted by Gasteiger charge is 2.33. The van der Waals surface area contributed by atoms with Gasteiger partial charge in [0, 0.05) is 5.92 Å². The van der Waals surface area contributed by atoms with Crippen LogP contribution in [0.15, 0.2) is 54.6 Å². The predicted octanol–water partition coefficient (Wildman–Crippen LogP) is 4.48. The van der Waals surface area contributed by atoms with E-state index in [1.165, 1.54) is 24.3 Å². The van der Waals surface area contributed by atoms with Gasteiger partial charge in [0.2, 0.25) is 0 Å². The van der Waals surface area contributed by atoms with Gasteiger partial charge in [-0.3, -0.25) is 0 Å². The van der Waals surface area contributed by atoms with Gasteiger partial charge in [-0.05, 0) is 23.3 Å². The minimum atomic E-state index is -4.24. The minimum absolute atomic E-state index is 0.0440. The molecular weight excluding hydrogens is 253 g/mol. The molecule has 0 saturated carbocycles. The van der Waals surface area contributed by atoms with Crippen molar-refractivity contribution < 1.29 is 18.3 Å². The van der Waals surface area contributed by atoms with E-state index in [1.807, 2.05) is 0 Å². The average molecular weight is 266 g/mol. The van der Waals surface area contributed by atoms with Gasteiger partial charge in [0.25, 0.3) is 0 Å². The van der Waals surface area contributed by atoms with Crippen LogP contribution in [0.4, 0.5) is 13.2 Å². The summed E-state index contributed by atoms with van der Waals surface area (Å²) in [5.41, 5.74) is 1.16. The van der Waals surface area contributed by atoms with E-state index in [9.17, 15) is 18.3 Å². The second-order valence-electron chi connectivity index (χ2n) is 4.37. The quantitative estimate of drug-likeness (QED) is 0.868. The number of aromatic hydroxyl groups is 1. The van der Waals surface area contributed by atoms with Crippen molar-refractivity contribution in [2.45, 2.75) is 18.5 Å². The smallest absolute Gasteiger partial charge is 0.390 e. The molecule has 100 valence electrons. The Hall–Kier alpha value is -1.97. The molecule has 2 rings (SSSR count). The van der Waals surface area contributed by atoms with Gasteiger partial charge < -0.3 is 5.11 Å². The van der Waals surface area contributed by atoms with E-state index in [1.54, 1.807) is 30.3 Å². The molecule has 1 unspecified atom stereocenters. The average Bonchev–Trinajstić information content (AvgIpc) is 2.37. The van der Waals surface area contributed by atoms with E-state index < -0.39 is 18.5 Å². The largest absolute Gasteiger partial charge is 0.508 e. The molecule has 0 aliphatic heterocycles. The Bertz CT molecular complexity index is 517. The van der Waals surface area contributed by atoms with E-state index in [-0.39, 0.29) is 5.75 Å². The fourth-order valence-electron chi connectivity index (χ4n) is 2.05. The third kappa shape index (κ3) is 3.74. The van der Waals surface area contributed by atoms with Gasteiger partial charge in [0.05, 0.1) is 6.42 Å². The SMILES string of the molecule is Oc1ccc(C(CC(F)(F)F)c2ccccc2)cc1. The van der Waals surface area contributed by atoms with E-state index >= 15 is 0 Å². The summed E-state index contributed by atoms with van der Waals surface area (Å²) < 4.78 is 38.1. The highest BCUT2D eigenvalue weighted by Crippen LogP contribution is 2.36. The van der Waals surface area contributed by atoms with E-state index in [2.05, 4.69) is 0 Å². The van der Waals surface area contributed by atoms with Crippen molar-refractivity contribution in [3.63, 3.8) is 0 Å². The molecule has 0 fully saturated rings. The molecule has 0 spiro atoms. The summed E-state index contributed by atoms with van der Waals surface area (Å²) in [6.07, 6.45) is -5.15. The number of alkyl halides is 3. The van der Waals surface area contributed by atoms with Crippen LogP contribution in [0.1, 0.15) is 23.5 Å². The maximum absolute atomic E-state index is 12.7. The van der Waals surface area contributed by atoms with Crippen molar-refractivity contribution in [3.05, 3.63) is 65.7 Å². The summed E-state index contributed by atoms with van der Waals surface area (Å²) in [5.74, 6) is -0.704. The molecule has 19 heavy (non-hydrogen) atoms. The standard InChI is InChI=1S/C15H13F3O/c16-15(17,18)10-14(11-4-2-1-3-5-11)12-6-8-13(19)9-7-12/h1-9,14,19H,10H2. The first-order valence-corrected chi connectivity index (χ1v) is 5.86. The first kappa shape index (κ1) is 13.5. The number of phenolic OH excluding ortho intramolecular Hbond substituents is 1. The number of phenols is 1. The van der Waals surface area contributed by atoms with Crippen LogP contribution in [0.25, 0.3) is 0 Å². The maximum Gasteiger partial charge on any atom is 0.390 e. The Labute approximate surface area is 109 Å². The fraction of sp³-hybridized carbons (Fsp3) is 0.200. The molecule has 0 aliphatic carbocycles. The number of benzene rings is 2. The van der Waals surface area contributed by atoms with E-state index in [4.69, 9.17) is 0 Å². The zero-order chi connectivity index (χ0) is 13.9. The van der Waals surface area contributed by atoms with Gasteiger partial charge in [-0.1, -0.05) is 42.5 Å². The van der Waals surface area contributed by atoms with Gasteiger partial charge >= 0.3 is 6.18 Å². The zero-order valence-corrected chi connectivity index (χ0v) is 10.1. The summed E-state index contributed by atoms with van der Waals surface area (Å²) in [4.78, 5) is 0. The number of hydrogen-bond donors (Lipinski definition) is 1. The first-order valence-electron chi connectivity index (χ1n) is 5.86. The Balaban J connectivity index is 2.37. The molecule has 0 saturated heterocycles. The topological polar surface area (TPSA) is 20.2 Å². The van der Waals surface area contributed by atoms with Crippen molar-refractivity contribution >= 4 is 0 Å². The molecule has 2 aromatic carbocycles. The predicted molar refractivity (Wildman–Crippen MR) is 67.1 cm³/mol. The third-order valence-electron chi connectivity index (χ3n) is 2.93. The zero-order valence-electron chi connectivity index (χ0n) is 10.1. The molecule has 1 atom stereocenters.